The van der Waals surface area contributed by atoms with Crippen LogP contribution in [0, 0.1) is 5.82 Å². The summed E-state index contributed by atoms with van der Waals surface area (Å²) >= 11 is 0. The lowest BCUT2D eigenvalue weighted by Crippen LogP contribution is -2.21. The molecule has 2 aromatic carbocycles. The molecule has 0 heterocycles. The Morgan fingerprint density at radius 3 is 2.00 bits per heavy atom. The van der Waals surface area contributed by atoms with Crippen LogP contribution in [-0.2, 0) is 0 Å². The highest BCUT2D eigenvalue weighted by atomic mass is 19.1. The highest BCUT2D eigenvalue weighted by molar-refractivity contribution is 5.35. The van der Waals surface area contributed by atoms with Gasteiger partial charge in [0.2, 0.25) is 0 Å². The lowest BCUT2D eigenvalue weighted by atomic mass is 9.98. The first-order valence-electron chi connectivity index (χ1n) is 6.96. The number of rotatable bonds is 6. The quantitative estimate of drug-likeness (QED) is 0.861. The van der Waals surface area contributed by atoms with E-state index in [0.717, 1.165) is 23.4 Å². The van der Waals surface area contributed by atoms with Gasteiger partial charge < -0.3 is 10.1 Å². The molecule has 0 bridgehead atoms. The monoisotopic (exact) mass is 273 g/mol. The molecule has 1 atom stereocenters. The maximum absolute atomic E-state index is 13.0. The van der Waals surface area contributed by atoms with Crippen LogP contribution in [0.25, 0.3) is 0 Å². The maximum Gasteiger partial charge on any atom is 0.123 e. The molecule has 0 aliphatic rings. The van der Waals surface area contributed by atoms with Crippen LogP contribution in [0.3, 0.4) is 0 Å². The van der Waals surface area contributed by atoms with Gasteiger partial charge in [-0.2, -0.15) is 0 Å². The first-order chi connectivity index (χ1) is 9.74. The van der Waals surface area contributed by atoms with Crippen molar-refractivity contribution in [3.63, 3.8) is 0 Å². The second-order valence-electron chi connectivity index (χ2n) is 4.54. The summed E-state index contributed by atoms with van der Waals surface area (Å²) in [5.74, 6) is 0.654. The van der Waals surface area contributed by atoms with Crippen molar-refractivity contribution in [2.24, 2.45) is 0 Å². The maximum atomic E-state index is 13.0. The highest BCUT2D eigenvalue weighted by Crippen LogP contribution is 2.24. The van der Waals surface area contributed by atoms with Crippen LogP contribution in [0.4, 0.5) is 4.39 Å². The Labute approximate surface area is 119 Å². The molecule has 2 rings (SSSR count). The van der Waals surface area contributed by atoms with E-state index in [1.54, 1.807) is 0 Å². The summed E-state index contributed by atoms with van der Waals surface area (Å²) in [7, 11) is 0. The Kier molecular flexibility index (Phi) is 5.13. The van der Waals surface area contributed by atoms with E-state index >= 15 is 0 Å². The van der Waals surface area contributed by atoms with Crippen LogP contribution in [0.2, 0.25) is 0 Å². The number of hydrogen-bond donors (Lipinski definition) is 1. The van der Waals surface area contributed by atoms with Crippen molar-refractivity contribution < 1.29 is 9.13 Å². The van der Waals surface area contributed by atoms with Gasteiger partial charge >= 0.3 is 0 Å². The SMILES string of the molecule is CCNC(c1ccc(F)cc1)c1ccc(OCC)cc1. The van der Waals surface area contributed by atoms with Crippen LogP contribution in [0.1, 0.15) is 31.0 Å². The molecule has 20 heavy (non-hydrogen) atoms. The van der Waals surface area contributed by atoms with E-state index in [4.69, 9.17) is 4.74 Å². The van der Waals surface area contributed by atoms with Gasteiger partial charge in [0, 0.05) is 0 Å². The predicted octanol–water partition coefficient (Wildman–Crippen LogP) is 3.92. The molecule has 2 aromatic rings. The van der Waals surface area contributed by atoms with E-state index in [9.17, 15) is 4.39 Å². The molecule has 0 spiro atoms. The smallest absolute Gasteiger partial charge is 0.123 e. The fourth-order valence-corrected chi connectivity index (χ4v) is 2.21. The number of ether oxygens (including phenoxy) is 1. The van der Waals surface area contributed by atoms with Crippen molar-refractivity contribution in [2.45, 2.75) is 19.9 Å². The molecule has 0 saturated carbocycles. The molecule has 1 unspecified atom stereocenters. The van der Waals surface area contributed by atoms with Crippen molar-refractivity contribution in [1.82, 2.24) is 5.32 Å². The summed E-state index contributed by atoms with van der Waals surface area (Å²) in [6, 6.07) is 14.7. The van der Waals surface area contributed by atoms with E-state index in [0.29, 0.717) is 6.61 Å². The minimum atomic E-state index is -0.212. The largest absolute Gasteiger partial charge is 0.494 e. The van der Waals surface area contributed by atoms with Crippen LogP contribution >= 0.6 is 0 Å². The summed E-state index contributed by atoms with van der Waals surface area (Å²) in [5, 5.41) is 3.42. The lowest BCUT2D eigenvalue weighted by molar-refractivity contribution is 0.340. The first-order valence-corrected chi connectivity index (χ1v) is 6.96. The minimum absolute atomic E-state index is 0.0660. The zero-order valence-electron chi connectivity index (χ0n) is 11.9. The van der Waals surface area contributed by atoms with Crippen molar-refractivity contribution in [1.29, 1.82) is 0 Å². The van der Waals surface area contributed by atoms with Crippen LogP contribution < -0.4 is 10.1 Å². The zero-order valence-corrected chi connectivity index (χ0v) is 11.9. The summed E-state index contributed by atoms with van der Waals surface area (Å²) in [4.78, 5) is 0. The zero-order chi connectivity index (χ0) is 14.4. The van der Waals surface area contributed by atoms with Gasteiger partial charge in [-0.3, -0.25) is 0 Å². The molecule has 0 fully saturated rings. The van der Waals surface area contributed by atoms with Crippen molar-refractivity contribution in [3.8, 4) is 5.75 Å². The molecule has 3 heteroatoms. The fourth-order valence-electron chi connectivity index (χ4n) is 2.21. The molecular formula is C17H20FNO. The second-order valence-corrected chi connectivity index (χ2v) is 4.54. The molecular weight excluding hydrogens is 253 g/mol. The number of nitrogens with one attached hydrogen (secondary N) is 1. The normalized spacial score (nSPS) is 12.2. The molecule has 0 radical (unpaired) electrons. The van der Waals surface area contributed by atoms with Gasteiger partial charge in [-0.05, 0) is 48.9 Å². The summed E-state index contributed by atoms with van der Waals surface area (Å²) in [5.41, 5.74) is 2.19. The van der Waals surface area contributed by atoms with Gasteiger partial charge in [-0.25, -0.2) is 4.39 Å². The summed E-state index contributed by atoms with van der Waals surface area (Å²) in [6.07, 6.45) is 0. The van der Waals surface area contributed by atoms with Crippen LogP contribution in [-0.4, -0.2) is 13.2 Å². The molecule has 106 valence electrons. The van der Waals surface area contributed by atoms with Gasteiger partial charge in [-0.15, -0.1) is 0 Å². The Morgan fingerprint density at radius 1 is 0.950 bits per heavy atom. The molecule has 0 aliphatic heterocycles. The van der Waals surface area contributed by atoms with Gasteiger partial charge in [0.1, 0.15) is 11.6 Å². The Hall–Kier alpha value is -1.87. The molecule has 0 saturated heterocycles. The third-order valence-corrected chi connectivity index (χ3v) is 3.14. The van der Waals surface area contributed by atoms with E-state index in [1.165, 1.54) is 12.1 Å². The lowest BCUT2D eigenvalue weighted by Gasteiger charge is -2.19. The Morgan fingerprint density at radius 2 is 1.50 bits per heavy atom. The minimum Gasteiger partial charge on any atom is -0.494 e. The molecule has 0 aromatic heterocycles. The van der Waals surface area contributed by atoms with Crippen molar-refractivity contribution >= 4 is 0 Å². The predicted molar refractivity (Wildman–Crippen MR) is 79.5 cm³/mol. The Bertz CT molecular complexity index is 522. The van der Waals surface area contributed by atoms with Gasteiger partial charge in [0.05, 0.1) is 12.6 Å². The fraction of sp³-hybridized carbons (Fsp3) is 0.294. The first kappa shape index (κ1) is 14.5. The molecule has 0 amide bonds. The van der Waals surface area contributed by atoms with Crippen molar-refractivity contribution in [2.75, 3.05) is 13.2 Å². The topological polar surface area (TPSA) is 21.3 Å². The third kappa shape index (κ3) is 3.58. The molecule has 0 aliphatic carbocycles. The summed E-state index contributed by atoms with van der Waals surface area (Å²) in [6.45, 7) is 5.53. The van der Waals surface area contributed by atoms with E-state index in [2.05, 4.69) is 12.2 Å². The average Bonchev–Trinajstić information content (AvgIpc) is 2.47. The molecule has 1 N–H and O–H groups in total. The number of halogens is 1. The standard InChI is InChI=1S/C17H20FNO/c1-3-19-17(13-5-9-15(18)10-6-13)14-7-11-16(12-8-14)20-4-2/h5-12,17,19H,3-4H2,1-2H3. The molecule has 2 nitrogen and oxygen atoms in total. The third-order valence-electron chi connectivity index (χ3n) is 3.14. The average molecular weight is 273 g/mol. The van der Waals surface area contributed by atoms with Gasteiger partial charge in [0.15, 0.2) is 0 Å². The summed E-state index contributed by atoms with van der Waals surface area (Å²) < 4.78 is 18.5. The highest BCUT2D eigenvalue weighted by Gasteiger charge is 2.12. The van der Waals surface area contributed by atoms with E-state index in [1.807, 2.05) is 43.3 Å². The number of benzene rings is 2. The van der Waals surface area contributed by atoms with Gasteiger partial charge in [0.25, 0.3) is 0 Å². The van der Waals surface area contributed by atoms with E-state index in [-0.39, 0.29) is 11.9 Å². The van der Waals surface area contributed by atoms with Crippen LogP contribution in [0.5, 0.6) is 5.75 Å². The van der Waals surface area contributed by atoms with Crippen LogP contribution in [0.15, 0.2) is 48.5 Å². The Balaban J connectivity index is 2.25. The van der Waals surface area contributed by atoms with E-state index < -0.39 is 0 Å². The van der Waals surface area contributed by atoms with Gasteiger partial charge in [-0.1, -0.05) is 31.2 Å². The number of hydrogen-bond acceptors (Lipinski definition) is 2. The van der Waals surface area contributed by atoms with Crippen molar-refractivity contribution in [3.05, 3.63) is 65.5 Å². The second kappa shape index (κ2) is 7.06.